The van der Waals surface area contributed by atoms with Gasteiger partial charge in [0, 0.05) is 42.0 Å². The third-order valence-electron chi connectivity index (χ3n) is 11.4. The normalized spacial score (nSPS) is 19.2. The molecule has 0 N–H and O–H groups in total. The van der Waals surface area contributed by atoms with Crippen LogP contribution in [0.4, 0.5) is 0 Å². The summed E-state index contributed by atoms with van der Waals surface area (Å²) in [4.78, 5) is 0. The summed E-state index contributed by atoms with van der Waals surface area (Å²) in [5, 5.41) is 5.21. The third kappa shape index (κ3) is 4.60. The molecule has 51 heavy (non-hydrogen) atoms. The number of hydrogen-bond acceptors (Lipinski definition) is 1. The first-order chi connectivity index (χ1) is 25.1. The van der Waals surface area contributed by atoms with Crippen molar-refractivity contribution in [1.29, 1.82) is 0 Å². The zero-order valence-electron chi connectivity index (χ0n) is 28.8. The molecule has 10 rings (SSSR count). The van der Waals surface area contributed by atoms with Crippen LogP contribution < -0.4 is 0 Å². The van der Waals surface area contributed by atoms with E-state index in [2.05, 4.69) is 188 Å². The summed E-state index contributed by atoms with van der Waals surface area (Å²) in [6, 6.07) is 47.5. The van der Waals surface area contributed by atoms with Crippen LogP contribution in [-0.4, -0.2) is 4.57 Å². The van der Waals surface area contributed by atoms with Gasteiger partial charge in [0.1, 0.15) is 0 Å². The molecule has 2 aliphatic rings. The predicted molar refractivity (Wildman–Crippen MR) is 221 cm³/mol. The standard InChI is InChI=1S/C49H37NS/c1-3-4-14-33-29-35-17-10-11-28-49(35,2)44-31-36(25-26-37(33)44)50-45-23-9-8-18-40(45)43-30-34(24-27-46(43)50)39-20-13-22-42-41-21-12-19-38(47(41)51-48(39)42)32-15-6-5-7-16-32/h3-28,30-31,35H,29H2,1-2H3/b4-3-,33-14+. The lowest BCUT2D eigenvalue weighted by molar-refractivity contribution is 0.419. The minimum Gasteiger partial charge on any atom is -0.309 e. The molecule has 1 nitrogen and oxygen atoms in total. The van der Waals surface area contributed by atoms with Crippen LogP contribution in [0.5, 0.6) is 0 Å². The van der Waals surface area contributed by atoms with E-state index >= 15 is 0 Å². The number of para-hydroxylation sites is 1. The Labute approximate surface area is 302 Å². The molecule has 2 unspecified atom stereocenters. The smallest absolute Gasteiger partial charge is 0.0541 e. The summed E-state index contributed by atoms with van der Waals surface area (Å²) in [5.41, 5.74) is 12.9. The fraction of sp³-hybridized carbons (Fsp3) is 0.102. The van der Waals surface area contributed by atoms with Gasteiger partial charge in [-0.15, -0.1) is 11.3 Å². The molecule has 2 aliphatic carbocycles. The molecule has 2 aromatic heterocycles. The van der Waals surface area contributed by atoms with Crippen LogP contribution in [0.1, 0.15) is 31.4 Å². The highest BCUT2D eigenvalue weighted by atomic mass is 32.1. The molecular weight excluding hydrogens is 635 g/mol. The zero-order chi connectivity index (χ0) is 34.1. The van der Waals surface area contributed by atoms with Crippen molar-refractivity contribution < 1.29 is 0 Å². The molecule has 0 saturated heterocycles. The second-order valence-corrected chi connectivity index (χ2v) is 15.2. The van der Waals surface area contributed by atoms with E-state index in [4.69, 9.17) is 0 Å². The van der Waals surface area contributed by atoms with Crippen molar-refractivity contribution in [2.75, 3.05) is 0 Å². The van der Waals surface area contributed by atoms with Crippen LogP contribution in [0, 0.1) is 5.92 Å². The molecule has 2 heteroatoms. The van der Waals surface area contributed by atoms with Crippen molar-refractivity contribution in [2.24, 2.45) is 5.92 Å². The first kappa shape index (κ1) is 30.2. The number of aromatic nitrogens is 1. The molecule has 0 aliphatic heterocycles. The molecule has 0 saturated carbocycles. The summed E-state index contributed by atoms with van der Waals surface area (Å²) < 4.78 is 5.16. The molecule has 2 heterocycles. The van der Waals surface area contributed by atoms with E-state index in [1.165, 1.54) is 86.6 Å². The molecule has 8 aromatic rings. The first-order valence-electron chi connectivity index (χ1n) is 18.0. The second-order valence-electron chi connectivity index (χ2n) is 14.2. The average Bonchev–Trinajstić information content (AvgIpc) is 3.73. The van der Waals surface area contributed by atoms with Crippen LogP contribution in [0.3, 0.4) is 0 Å². The van der Waals surface area contributed by atoms with Crippen molar-refractivity contribution in [3.8, 4) is 27.9 Å². The molecule has 244 valence electrons. The van der Waals surface area contributed by atoms with Crippen molar-refractivity contribution in [2.45, 2.75) is 25.7 Å². The highest BCUT2D eigenvalue weighted by Gasteiger charge is 2.40. The maximum absolute atomic E-state index is 2.48. The van der Waals surface area contributed by atoms with E-state index in [0.29, 0.717) is 5.92 Å². The summed E-state index contributed by atoms with van der Waals surface area (Å²) in [6.45, 7) is 4.51. The van der Waals surface area contributed by atoms with E-state index in [0.717, 1.165) is 6.42 Å². The lowest BCUT2D eigenvalue weighted by Crippen LogP contribution is -2.35. The summed E-state index contributed by atoms with van der Waals surface area (Å²) >= 11 is 1.92. The van der Waals surface area contributed by atoms with E-state index in [1.807, 2.05) is 11.3 Å². The Morgan fingerprint density at radius 3 is 2.18 bits per heavy atom. The van der Waals surface area contributed by atoms with Crippen LogP contribution in [0.15, 0.2) is 170 Å². The first-order valence-corrected chi connectivity index (χ1v) is 18.8. The lowest BCUT2D eigenvalue weighted by Gasteiger charge is -2.42. The van der Waals surface area contributed by atoms with Gasteiger partial charge in [-0.1, -0.05) is 147 Å². The number of fused-ring (bicyclic) bond motifs is 9. The Bertz CT molecular complexity index is 2800. The molecule has 0 spiro atoms. The molecule has 0 amide bonds. The van der Waals surface area contributed by atoms with Gasteiger partial charge in [-0.3, -0.25) is 0 Å². The molecule has 0 fully saturated rings. The van der Waals surface area contributed by atoms with E-state index in [1.54, 1.807) is 0 Å². The van der Waals surface area contributed by atoms with Crippen molar-refractivity contribution in [3.63, 3.8) is 0 Å². The van der Waals surface area contributed by atoms with Crippen molar-refractivity contribution in [1.82, 2.24) is 4.57 Å². The summed E-state index contributed by atoms with van der Waals surface area (Å²) in [7, 11) is 0. The van der Waals surface area contributed by atoms with Crippen molar-refractivity contribution >= 4 is 58.9 Å². The third-order valence-corrected chi connectivity index (χ3v) is 12.7. The van der Waals surface area contributed by atoms with Gasteiger partial charge in [0.25, 0.3) is 0 Å². The van der Waals surface area contributed by atoms with Gasteiger partial charge >= 0.3 is 0 Å². The van der Waals surface area contributed by atoms with E-state index in [-0.39, 0.29) is 5.41 Å². The Balaban J connectivity index is 1.16. The number of thiophene rings is 1. The monoisotopic (exact) mass is 671 g/mol. The van der Waals surface area contributed by atoms with Gasteiger partial charge in [0.15, 0.2) is 0 Å². The van der Waals surface area contributed by atoms with Gasteiger partial charge in [0.2, 0.25) is 0 Å². The fourth-order valence-corrected chi connectivity index (χ4v) is 10.1. The molecule has 0 bridgehead atoms. The minimum atomic E-state index is -0.0530. The second kappa shape index (κ2) is 11.7. The Morgan fingerprint density at radius 1 is 0.647 bits per heavy atom. The van der Waals surface area contributed by atoms with E-state index < -0.39 is 0 Å². The molecule has 6 aromatic carbocycles. The SMILES string of the molecule is C/C=C\C=C1/CC2C=CC=CC2(C)c2cc(-n3c4ccccc4c4cc(-c5cccc6c5sc5c(-c7ccccc7)cccc56)ccc43)ccc21. The number of allylic oxidation sites excluding steroid dienone is 8. The number of rotatable bonds is 4. The zero-order valence-corrected chi connectivity index (χ0v) is 29.6. The average molecular weight is 672 g/mol. The number of benzene rings is 6. The van der Waals surface area contributed by atoms with Gasteiger partial charge in [-0.2, -0.15) is 0 Å². The maximum atomic E-state index is 2.48. The highest BCUT2D eigenvalue weighted by Crippen LogP contribution is 2.50. The van der Waals surface area contributed by atoms with E-state index in [9.17, 15) is 0 Å². The maximum Gasteiger partial charge on any atom is 0.0541 e. The highest BCUT2D eigenvalue weighted by molar-refractivity contribution is 7.26. The topological polar surface area (TPSA) is 4.93 Å². The van der Waals surface area contributed by atoms with Crippen LogP contribution >= 0.6 is 11.3 Å². The fourth-order valence-electron chi connectivity index (χ4n) is 8.77. The van der Waals surface area contributed by atoms with Crippen LogP contribution in [-0.2, 0) is 5.41 Å². The Morgan fingerprint density at radius 2 is 1.37 bits per heavy atom. The number of hydrogen-bond donors (Lipinski definition) is 0. The lowest BCUT2D eigenvalue weighted by atomic mass is 9.61. The van der Waals surface area contributed by atoms with Gasteiger partial charge in [-0.25, -0.2) is 0 Å². The molecule has 0 radical (unpaired) electrons. The Hall–Kier alpha value is -5.70. The van der Waals surface area contributed by atoms with Crippen LogP contribution in [0.25, 0.3) is 75.5 Å². The Kier molecular flexibility index (Phi) is 6.91. The molecular formula is C49H37NS. The van der Waals surface area contributed by atoms with Gasteiger partial charge in [0.05, 0.1) is 11.0 Å². The predicted octanol–water partition coefficient (Wildman–Crippen LogP) is 13.8. The molecule has 2 atom stereocenters. The summed E-state index contributed by atoms with van der Waals surface area (Å²) in [5.74, 6) is 0.433. The quantitative estimate of drug-likeness (QED) is 0.175. The van der Waals surface area contributed by atoms with Crippen molar-refractivity contribution in [3.05, 3.63) is 181 Å². The van der Waals surface area contributed by atoms with Gasteiger partial charge < -0.3 is 4.57 Å². The largest absolute Gasteiger partial charge is 0.309 e. The van der Waals surface area contributed by atoms with Crippen LogP contribution in [0.2, 0.25) is 0 Å². The van der Waals surface area contributed by atoms with Gasteiger partial charge in [-0.05, 0) is 88.5 Å². The number of nitrogens with zero attached hydrogens (tertiary/aromatic N) is 1. The summed E-state index contributed by atoms with van der Waals surface area (Å²) in [6.07, 6.45) is 16.9. The minimum absolute atomic E-state index is 0.0530.